The van der Waals surface area contributed by atoms with Crippen molar-refractivity contribution >= 4 is 28.2 Å². The molecule has 43 heavy (non-hydrogen) atoms. The summed E-state index contributed by atoms with van der Waals surface area (Å²) < 4.78 is 30.9. The second-order valence-corrected chi connectivity index (χ2v) is 10.3. The molecule has 2 aromatic heterocycles. The fraction of sp³-hybridized carbons (Fsp3) is 0.273. The third-order valence-electron chi connectivity index (χ3n) is 6.99. The Labute approximate surface area is 250 Å². The highest BCUT2D eigenvalue weighted by molar-refractivity contribution is 6.06. The van der Waals surface area contributed by atoms with Crippen LogP contribution < -0.4 is 19.5 Å². The molecule has 0 atom stereocenters. The van der Waals surface area contributed by atoms with Gasteiger partial charge in [-0.25, -0.2) is 4.68 Å². The summed E-state index contributed by atoms with van der Waals surface area (Å²) in [5.74, 6) is 2.15. The van der Waals surface area contributed by atoms with Crippen molar-refractivity contribution in [3.05, 3.63) is 95.9 Å². The highest BCUT2D eigenvalue weighted by Crippen LogP contribution is 2.37. The van der Waals surface area contributed by atoms with E-state index >= 15 is 0 Å². The molecule has 5 rings (SSSR count). The predicted molar refractivity (Wildman–Crippen MR) is 165 cm³/mol. The van der Waals surface area contributed by atoms with Gasteiger partial charge in [0.1, 0.15) is 28.6 Å². The number of nitrogens with zero attached hydrogens (tertiary/aromatic N) is 3. The van der Waals surface area contributed by atoms with Gasteiger partial charge in [0.25, 0.3) is 5.91 Å². The van der Waals surface area contributed by atoms with E-state index in [2.05, 4.69) is 19.2 Å². The van der Waals surface area contributed by atoms with E-state index in [1.54, 1.807) is 30.9 Å². The number of benzene rings is 3. The summed E-state index contributed by atoms with van der Waals surface area (Å²) in [5, 5.41) is 10.1. The monoisotopic (exact) mass is 584 g/mol. The molecule has 224 valence electrons. The molecule has 0 aliphatic heterocycles. The Morgan fingerprint density at radius 3 is 2.19 bits per heavy atom. The molecular weight excluding hydrogens is 548 g/mol. The fourth-order valence-corrected chi connectivity index (χ4v) is 4.80. The zero-order chi connectivity index (χ0) is 30.3. The second-order valence-electron chi connectivity index (χ2n) is 10.3. The van der Waals surface area contributed by atoms with E-state index in [1.807, 2.05) is 71.8 Å². The first-order chi connectivity index (χ1) is 20.9. The van der Waals surface area contributed by atoms with Crippen LogP contribution in [0, 0.1) is 0 Å². The van der Waals surface area contributed by atoms with Gasteiger partial charge < -0.3 is 29.0 Å². The van der Waals surface area contributed by atoms with Crippen molar-refractivity contribution in [3.63, 3.8) is 0 Å². The second kappa shape index (κ2) is 13.5. The van der Waals surface area contributed by atoms with Gasteiger partial charge in [0.2, 0.25) is 0 Å². The largest absolute Gasteiger partial charge is 0.497 e. The van der Waals surface area contributed by atoms with Gasteiger partial charge in [-0.15, -0.1) is 0 Å². The van der Waals surface area contributed by atoms with Crippen LogP contribution in [-0.4, -0.2) is 55.2 Å². The van der Waals surface area contributed by atoms with E-state index in [-0.39, 0.29) is 25.4 Å². The number of rotatable bonds is 13. The Kier molecular flexibility index (Phi) is 9.29. The van der Waals surface area contributed by atoms with Crippen molar-refractivity contribution in [2.75, 3.05) is 40.2 Å². The predicted octanol–water partition coefficient (Wildman–Crippen LogP) is 6.42. The quantitative estimate of drug-likeness (QED) is 0.159. The lowest BCUT2D eigenvalue weighted by Crippen LogP contribution is -2.17. The summed E-state index contributed by atoms with van der Waals surface area (Å²) in [7, 11) is 4.71. The minimum atomic E-state index is -0.282. The van der Waals surface area contributed by atoms with Crippen molar-refractivity contribution in [2.24, 2.45) is 0 Å². The molecular formula is C33H36N4O6. The Balaban J connectivity index is 1.63. The molecule has 10 nitrogen and oxygen atoms in total. The average molecular weight is 585 g/mol. The molecule has 10 heteroatoms. The van der Waals surface area contributed by atoms with E-state index in [1.165, 1.54) is 7.11 Å². The van der Waals surface area contributed by atoms with Gasteiger partial charge in [0.05, 0.1) is 25.5 Å². The summed E-state index contributed by atoms with van der Waals surface area (Å²) in [6.45, 7) is 4.66. The molecule has 0 fully saturated rings. The van der Waals surface area contributed by atoms with Gasteiger partial charge in [0, 0.05) is 44.3 Å². The number of hydrogen-bond acceptors (Lipinski definition) is 8. The Morgan fingerprint density at radius 2 is 1.56 bits per heavy atom. The first-order valence-electron chi connectivity index (χ1n) is 13.9. The first kappa shape index (κ1) is 29.7. The number of fused-ring (bicyclic) bond motifs is 1. The maximum atomic E-state index is 14.2. The summed E-state index contributed by atoms with van der Waals surface area (Å²) in [6.07, 6.45) is 5.47. The highest BCUT2D eigenvalue weighted by atomic mass is 16.7. The summed E-state index contributed by atoms with van der Waals surface area (Å²) >= 11 is 0. The van der Waals surface area contributed by atoms with Crippen LogP contribution in [0.15, 0.2) is 79.3 Å². The van der Waals surface area contributed by atoms with Crippen LogP contribution in [0.25, 0.3) is 10.8 Å². The van der Waals surface area contributed by atoms with E-state index in [9.17, 15) is 4.79 Å². The van der Waals surface area contributed by atoms with Crippen molar-refractivity contribution < 1.29 is 28.5 Å². The van der Waals surface area contributed by atoms with Crippen LogP contribution in [0.1, 0.15) is 41.3 Å². The Hall–Kier alpha value is -4.80. The van der Waals surface area contributed by atoms with Crippen LogP contribution in [0.2, 0.25) is 0 Å². The molecule has 3 aromatic carbocycles. The van der Waals surface area contributed by atoms with E-state index < -0.39 is 0 Å². The number of methoxy groups -OCH3 is 3. The molecule has 0 bridgehead atoms. The van der Waals surface area contributed by atoms with Crippen molar-refractivity contribution in [1.29, 1.82) is 0 Å². The highest BCUT2D eigenvalue weighted by Gasteiger charge is 2.25. The van der Waals surface area contributed by atoms with Gasteiger partial charge in [-0.05, 0) is 34.4 Å². The van der Waals surface area contributed by atoms with Crippen molar-refractivity contribution in [3.8, 4) is 17.2 Å². The SMILES string of the molecule is COCOc1cc(Nc2c(C(C)C)cnn2Cc2ccc(OC)cc2)c(C(=O)n2cc3ccccc3c2)c(OCOC)c1. The van der Waals surface area contributed by atoms with Gasteiger partial charge in [-0.2, -0.15) is 5.10 Å². The van der Waals surface area contributed by atoms with Crippen LogP contribution in [0.4, 0.5) is 11.5 Å². The molecule has 0 aliphatic carbocycles. The normalized spacial score (nSPS) is 11.2. The van der Waals surface area contributed by atoms with Crippen LogP contribution in [0.5, 0.6) is 17.2 Å². The average Bonchev–Trinajstić information content (AvgIpc) is 3.63. The van der Waals surface area contributed by atoms with Crippen LogP contribution in [-0.2, 0) is 16.0 Å². The Morgan fingerprint density at radius 1 is 0.884 bits per heavy atom. The Bertz CT molecular complexity index is 1660. The van der Waals surface area contributed by atoms with Gasteiger partial charge in [0.15, 0.2) is 13.6 Å². The number of aromatic nitrogens is 3. The number of hydrogen-bond donors (Lipinski definition) is 1. The zero-order valence-electron chi connectivity index (χ0n) is 25.0. The molecule has 5 aromatic rings. The third kappa shape index (κ3) is 6.66. The fourth-order valence-electron chi connectivity index (χ4n) is 4.80. The van der Waals surface area contributed by atoms with Crippen molar-refractivity contribution in [1.82, 2.24) is 14.3 Å². The minimum absolute atomic E-state index is 0.0199. The van der Waals surface area contributed by atoms with E-state index in [0.717, 1.165) is 33.5 Å². The lowest BCUT2D eigenvalue weighted by molar-refractivity contribution is 0.0456. The topological polar surface area (TPSA) is 98.0 Å². The minimum Gasteiger partial charge on any atom is -0.497 e. The zero-order valence-corrected chi connectivity index (χ0v) is 25.0. The van der Waals surface area contributed by atoms with Gasteiger partial charge >= 0.3 is 0 Å². The summed E-state index contributed by atoms with van der Waals surface area (Å²) in [4.78, 5) is 14.2. The van der Waals surface area contributed by atoms with Gasteiger partial charge in [-0.1, -0.05) is 50.2 Å². The molecule has 0 amide bonds. The molecule has 0 saturated carbocycles. The number of anilines is 2. The molecule has 0 aliphatic rings. The van der Waals surface area contributed by atoms with Crippen LogP contribution in [0.3, 0.4) is 0 Å². The smallest absolute Gasteiger partial charge is 0.267 e. The molecule has 1 N–H and O–H groups in total. The summed E-state index contributed by atoms with van der Waals surface area (Å²) in [6, 6.07) is 19.1. The standard InChI is InChI=1S/C33H36N4O6/c1-22(2)28-16-34-37(17-23-10-12-26(41-5)13-11-23)32(28)35-29-14-27(42-20-39-3)15-30(43-21-40-4)31(29)33(38)36-18-24-8-6-7-9-25(24)19-36/h6-16,18-19,22,35H,17,20-21H2,1-5H3. The van der Waals surface area contributed by atoms with Crippen LogP contribution >= 0.6 is 0 Å². The molecule has 2 heterocycles. The molecule has 0 unspecified atom stereocenters. The maximum Gasteiger partial charge on any atom is 0.267 e. The lowest BCUT2D eigenvalue weighted by atomic mass is 10.1. The molecule has 0 spiro atoms. The molecule has 0 radical (unpaired) electrons. The number of carbonyl (C=O) groups is 1. The maximum absolute atomic E-state index is 14.2. The van der Waals surface area contributed by atoms with E-state index in [0.29, 0.717) is 29.3 Å². The first-order valence-corrected chi connectivity index (χ1v) is 13.9. The van der Waals surface area contributed by atoms with Crippen molar-refractivity contribution in [2.45, 2.75) is 26.3 Å². The van der Waals surface area contributed by atoms with E-state index in [4.69, 9.17) is 28.8 Å². The number of carbonyl (C=O) groups excluding carboxylic acids is 1. The number of nitrogens with one attached hydrogen (secondary N) is 1. The van der Waals surface area contributed by atoms with Gasteiger partial charge in [-0.3, -0.25) is 9.36 Å². The molecule has 0 saturated heterocycles. The summed E-state index contributed by atoms with van der Waals surface area (Å²) in [5.41, 5.74) is 2.83. The third-order valence-corrected chi connectivity index (χ3v) is 6.99. The lowest BCUT2D eigenvalue weighted by Gasteiger charge is -2.20. The number of ether oxygens (including phenoxy) is 5.